The first-order valence-electron chi connectivity index (χ1n) is 23.0. The summed E-state index contributed by atoms with van der Waals surface area (Å²) in [6.45, 7) is 12.0. The number of fused-ring (bicyclic) bond motifs is 16. The van der Waals surface area contributed by atoms with Crippen LogP contribution in [0.5, 0.6) is 23.0 Å². The van der Waals surface area contributed by atoms with E-state index in [1.54, 1.807) is 0 Å². The van der Waals surface area contributed by atoms with Crippen LogP contribution in [0.3, 0.4) is 0 Å². The standard InChI is InChI=1S/2C18H11NO.C18H11N.3C2H6/c2*1-2-8-14-12(6-1)13-7-5-11-17-18(13)19(14)15-9-3-4-10-16(15)20-17;1-3-10-16-12(6-1)14-8-5-9-15-13-7-2-4-11-17(13)19(16)18(14)15;3*1-2/h2*1-11H;1-11H;3*1-2H3. The lowest BCUT2D eigenvalue weighted by atomic mass is 10.1. The zero-order valence-corrected chi connectivity index (χ0v) is 37.7. The largest absolute Gasteiger partial charge is 0.453 e. The second-order valence-corrected chi connectivity index (χ2v) is 15.2. The molecule has 65 heavy (non-hydrogen) atoms. The van der Waals surface area contributed by atoms with Crippen LogP contribution in [-0.4, -0.2) is 13.5 Å². The van der Waals surface area contributed by atoms with Gasteiger partial charge in [-0.2, -0.15) is 0 Å². The first-order valence-corrected chi connectivity index (χ1v) is 23.0. The monoisotopic (exact) mass is 845 g/mol. The number of hydrogen-bond donors (Lipinski definition) is 0. The molecular formula is C60H51N3O2. The predicted octanol–water partition coefficient (Wildman–Crippen LogP) is 17.7. The van der Waals surface area contributed by atoms with Gasteiger partial charge in [-0.25, -0.2) is 0 Å². The van der Waals surface area contributed by atoms with E-state index in [1.807, 2.05) is 77.9 Å². The highest BCUT2D eigenvalue weighted by atomic mass is 16.5. The summed E-state index contributed by atoms with van der Waals surface area (Å²) in [6, 6.07) is 69.8. The molecule has 2 aliphatic heterocycles. The van der Waals surface area contributed by atoms with Crippen molar-refractivity contribution in [3.63, 3.8) is 0 Å². The summed E-state index contributed by atoms with van der Waals surface area (Å²) in [5.41, 5.74) is 10.9. The number of benzene rings is 9. The molecule has 0 fully saturated rings. The fourth-order valence-electron chi connectivity index (χ4n) is 9.72. The molecule has 6 heterocycles. The maximum atomic E-state index is 6.06. The molecule has 5 heteroatoms. The number of para-hydroxylation sites is 11. The van der Waals surface area contributed by atoms with E-state index in [0.717, 1.165) is 45.4 Å². The molecule has 0 unspecified atom stereocenters. The van der Waals surface area contributed by atoms with E-state index in [1.165, 1.54) is 70.7 Å². The Hall–Kier alpha value is -8.02. The summed E-state index contributed by atoms with van der Waals surface area (Å²) < 4.78 is 19.1. The topological polar surface area (TPSA) is 32.7 Å². The third-order valence-corrected chi connectivity index (χ3v) is 12.1. The summed E-state index contributed by atoms with van der Waals surface area (Å²) in [5, 5.41) is 10.4. The molecule has 0 saturated heterocycles. The normalized spacial score (nSPS) is 11.5. The second kappa shape index (κ2) is 17.3. The van der Waals surface area contributed by atoms with E-state index in [0.29, 0.717) is 0 Å². The highest BCUT2D eigenvalue weighted by Crippen LogP contribution is 2.46. The molecule has 0 saturated carbocycles. The van der Waals surface area contributed by atoms with Gasteiger partial charge in [0.25, 0.3) is 0 Å². The maximum Gasteiger partial charge on any atom is 0.152 e. The molecule has 13 aromatic rings. The van der Waals surface area contributed by atoms with Crippen LogP contribution in [0.1, 0.15) is 41.5 Å². The van der Waals surface area contributed by atoms with E-state index in [4.69, 9.17) is 9.47 Å². The van der Waals surface area contributed by atoms with Crippen LogP contribution in [0.25, 0.3) is 93.1 Å². The average molecular weight is 846 g/mol. The highest BCUT2D eigenvalue weighted by Gasteiger charge is 2.24. The number of hydrogen-bond acceptors (Lipinski definition) is 2. The Morgan fingerprint density at radius 1 is 0.246 bits per heavy atom. The van der Waals surface area contributed by atoms with Gasteiger partial charge >= 0.3 is 0 Å². The Kier molecular flexibility index (Phi) is 10.9. The Morgan fingerprint density at radius 2 is 0.523 bits per heavy atom. The van der Waals surface area contributed by atoms with E-state index in [-0.39, 0.29) is 0 Å². The number of ether oxygens (including phenoxy) is 2. The summed E-state index contributed by atoms with van der Waals surface area (Å²) in [6.07, 6.45) is 0. The van der Waals surface area contributed by atoms with Gasteiger partial charge in [0.1, 0.15) is 0 Å². The van der Waals surface area contributed by atoms with Gasteiger partial charge in [0.2, 0.25) is 0 Å². The van der Waals surface area contributed by atoms with E-state index in [9.17, 15) is 0 Å². The van der Waals surface area contributed by atoms with Crippen molar-refractivity contribution in [2.45, 2.75) is 41.5 Å². The lowest BCUT2D eigenvalue weighted by molar-refractivity contribution is 0.476. The smallest absolute Gasteiger partial charge is 0.152 e. The summed E-state index contributed by atoms with van der Waals surface area (Å²) in [7, 11) is 0. The Balaban J connectivity index is 0.000000109. The molecule has 9 aromatic carbocycles. The maximum absolute atomic E-state index is 6.06. The molecule has 0 aliphatic carbocycles. The molecule has 0 atom stereocenters. The van der Waals surface area contributed by atoms with Crippen LogP contribution in [0.15, 0.2) is 200 Å². The van der Waals surface area contributed by atoms with Gasteiger partial charge in [-0.1, -0.05) is 181 Å². The lowest BCUT2D eigenvalue weighted by Gasteiger charge is -2.20. The first kappa shape index (κ1) is 41.0. The highest BCUT2D eigenvalue weighted by molar-refractivity contribution is 6.23. The Morgan fingerprint density at radius 3 is 0.938 bits per heavy atom. The van der Waals surface area contributed by atoms with Gasteiger partial charge in [-0.15, -0.1) is 0 Å². The van der Waals surface area contributed by atoms with Crippen molar-refractivity contribution in [3.05, 3.63) is 200 Å². The summed E-state index contributed by atoms with van der Waals surface area (Å²) >= 11 is 0. The minimum absolute atomic E-state index is 0.911. The Bertz CT molecular complexity index is 3570. The minimum Gasteiger partial charge on any atom is -0.453 e. The summed E-state index contributed by atoms with van der Waals surface area (Å²) in [5.74, 6) is 3.68. The molecular weight excluding hydrogens is 795 g/mol. The number of rotatable bonds is 0. The molecule has 0 bridgehead atoms. The minimum atomic E-state index is 0.911. The molecule has 318 valence electrons. The van der Waals surface area contributed by atoms with Crippen LogP contribution < -0.4 is 9.47 Å². The van der Waals surface area contributed by atoms with Crippen molar-refractivity contribution in [1.82, 2.24) is 13.5 Å². The van der Waals surface area contributed by atoms with Crippen LogP contribution in [-0.2, 0) is 0 Å². The predicted molar refractivity (Wildman–Crippen MR) is 277 cm³/mol. The molecule has 0 spiro atoms. The van der Waals surface area contributed by atoms with Crippen LogP contribution in [0, 0.1) is 0 Å². The SMILES string of the molecule is CC.CC.CC.c1ccc2c(c1)Oc1cccc3c4ccccc4n-2c13.c1ccc2c(c1)Oc1cccc3c4ccccc4n-2c13.c1ccc2c(c1)c1cccc3c4ccccc4n2c13. The van der Waals surface area contributed by atoms with Crippen LogP contribution in [0.2, 0.25) is 0 Å². The van der Waals surface area contributed by atoms with Crippen molar-refractivity contribution >= 4 is 81.7 Å². The van der Waals surface area contributed by atoms with Crippen molar-refractivity contribution in [2.24, 2.45) is 0 Å². The van der Waals surface area contributed by atoms with Gasteiger partial charge in [0.05, 0.1) is 50.0 Å². The quantitative estimate of drug-likeness (QED) is 0.152. The fourth-order valence-corrected chi connectivity index (χ4v) is 9.72. The molecule has 15 rings (SSSR count). The van der Waals surface area contributed by atoms with Crippen molar-refractivity contribution in [2.75, 3.05) is 0 Å². The molecule has 0 amide bonds. The number of nitrogens with zero attached hydrogens (tertiary/aromatic N) is 3. The van der Waals surface area contributed by atoms with Gasteiger partial charge in [-0.3, -0.25) is 0 Å². The molecule has 2 aliphatic rings. The fraction of sp³-hybridized carbons (Fsp3) is 0.100. The summed E-state index contributed by atoms with van der Waals surface area (Å²) in [4.78, 5) is 0. The molecule has 5 nitrogen and oxygen atoms in total. The number of aromatic nitrogens is 3. The first-order chi connectivity index (χ1) is 32.3. The van der Waals surface area contributed by atoms with E-state index >= 15 is 0 Å². The van der Waals surface area contributed by atoms with Crippen molar-refractivity contribution in [3.8, 4) is 34.4 Å². The molecule has 0 radical (unpaired) electrons. The van der Waals surface area contributed by atoms with Crippen molar-refractivity contribution in [1.29, 1.82) is 0 Å². The Labute approximate surface area is 379 Å². The lowest BCUT2D eigenvalue weighted by Crippen LogP contribution is -2.03. The van der Waals surface area contributed by atoms with Gasteiger partial charge in [-0.05, 0) is 60.7 Å². The molecule has 0 N–H and O–H groups in total. The van der Waals surface area contributed by atoms with E-state index < -0.39 is 0 Å². The molecule has 4 aromatic heterocycles. The zero-order valence-electron chi connectivity index (χ0n) is 37.7. The van der Waals surface area contributed by atoms with Crippen molar-refractivity contribution < 1.29 is 9.47 Å². The van der Waals surface area contributed by atoms with Crippen LogP contribution >= 0.6 is 0 Å². The average Bonchev–Trinajstić information content (AvgIpc) is 4.13. The van der Waals surface area contributed by atoms with Gasteiger partial charge < -0.3 is 23.0 Å². The van der Waals surface area contributed by atoms with Gasteiger partial charge in [0.15, 0.2) is 23.0 Å². The van der Waals surface area contributed by atoms with Gasteiger partial charge in [0, 0.05) is 43.1 Å². The van der Waals surface area contributed by atoms with Crippen LogP contribution in [0.4, 0.5) is 0 Å². The second-order valence-electron chi connectivity index (χ2n) is 15.2. The van der Waals surface area contributed by atoms with E-state index in [2.05, 4.69) is 177 Å². The third kappa shape index (κ3) is 6.37. The zero-order chi connectivity index (χ0) is 44.6. The third-order valence-electron chi connectivity index (χ3n) is 12.1.